The number of ether oxygens (including phenoxy) is 1. The molecule has 10 radical (unpaired) electrons. The third-order valence-corrected chi connectivity index (χ3v) is 5.85. The average Bonchev–Trinajstić information content (AvgIpc) is 3.48. The summed E-state index contributed by atoms with van der Waals surface area (Å²) in [5.74, 6) is 3.26. The average molecular weight is 358 g/mol. The lowest BCUT2D eigenvalue weighted by Gasteiger charge is -2.43. The largest absolute Gasteiger partial charge is 0.481 e. The van der Waals surface area contributed by atoms with Crippen molar-refractivity contribution in [3.05, 3.63) is 123 Å². The van der Waals surface area contributed by atoms with Crippen molar-refractivity contribution >= 4 is 27.6 Å². The van der Waals surface area contributed by atoms with Gasteiger partial charge in [0, 0.05) is 22.8 Å². The molecule has 3 aromatic rings. The van der Waals surface area contributed by atoms with Crippen molar-refractivity contribution in [2.75, 3.05) is 0 Å². The molecule has 1 heteroatoms. The summed E-state index contributed by atoms with van der Waals surface area (Å²) in [4.78, 5) is 0. The third kappa shape index (κ3) is 2.32. The molecule has 3 aliphatic rings. The van der Waals surface area contributed by atoms with Gasteiger partial charge < -0.3 is 4.74 Å². The molecular formula is C27H18O. The van der Waals surface area contributed by atoms with Crippen molar-refractivity contribution in [2.24, 2.45) is 0 Å². The SMILES string of the molecule is [CH]1[CH][CH][C](C2([C]3[CH][CH][CH][CH]3)C=Cc3c(c4ccccc4c4ccccc34)O2)[CH]1. The fourth-order valence-corrected chi connectivity index (χ4v) is 4.53. The van der Waals surface area contributed by atoms with Gasteiger partial charge >= 0.3 is 0 Å². The first-order valence-corrected chi connectivity index (χ1v) is 9.63. The molecule has 6 rings (SSSR count). The maximum Gasteiger partial charge on any atom is 0.141 e. The van der Waals surface area contributed by atoms with Crippen LogP contribution in [0.5, 0.6) is 5.75 Å². The highest BCUT2D eigenvalue weighted by molar-refractivity contribution is 6.14. The lowest BCUT2D eigenvalue weighted by Crippen LogP contribution is -2.46. The Morgan fingerprint density at radius 3 is 1.68 bits per heavy atom. The fraction of sp³-hybridized carbons (Fsp3) is 0.0370. The van der Waals surface area contributed by atoms with E-state index in [4.69, 9.17) is 4.74 Å². The summed E-state index contributed by atoms with van der Waals surface area (Å²) in [5, 5.41) is 4.87. The topological polar surface area (TPSA) is 9.23 Å². The summed E-state index contributed by atoms with van der Waals surface area (Å²) >= 11 is 0. The van der Waals surface area contributed by atoms with Crippen LogP contribution in [0.2, 0.25) is 0 Å². The second-order valence-electron chi connectivity index (χ2n) is 7.35. The molecule has 0 bridgehead atoms. The first kappa shape index (κ1) is 16.7. The summed E-state index contributed by atoms with van der Waals surface area (Å²) in [6.45, 7) is 0. The summed E-state index contributed by atoms with van der Waals surface area (Å²) in [6, 6.07) is 17.1. The van der Waals surface area contributed by atoms with Crippen LogP contribution in [0, 0.1) is 63.2 Å². The fourth-order valence-electron chi connectivity index (χ4n) is 4.53. The van der Waals surface area contributed by atoms with Gasteiger partial charge in [-0.15, -0.1) is 0 Å². The zero-order valence-corrected chi connectivity index (χ0v) is 15.3. The Hall–Kier alpha value is -2.28. The number of rotatable bonds is 2. The molecule has 0 spiro atoms. The maximum absolute atomic E-state index is 6.94. The van der Waals surface area contributed by atoms with Gasteiger partial charge in [-0.05, 0) is 73.6 Å². The quantitative estimate of drug-likeness (QED) is 0.515. The lowest BCUT2D eigenvalue weighted by molar-refractivity contribution is 0.165. The van der Waals surface area contributed by atoms with Crippen molar-refractivity contribution in [3.8, 4) is 5.75 Å². The van der Waals surface area contributed by atoms with Gasteiger partial charge in [-0.25, -0.2) is 0 Å². The van der Waals surface area contributed by atoms with Crippen LogP contribution in [0.1, 0.15) is 5.56 Å². The van der Waals surface area contributed by atoms with Gasteiger partial charge in [-0.2, -0.15) is 0 Å². The Morgan fingerprint density at radius 2 is 1.07 bits per heavy atom. The first-order chi connectivity index (χ1) is 13.9. The number of benzene rings is 3. The van der Waals surface area contributed by atoms with E-state index in [-0.39, 0.29) is 0 Å². The molecule has 2 saturated carbocycles. The predicted octanol–water partition coefficient (Wildman–Crippen LogP) is 5.95. The van der Waals surface area contributed by atoms with Crippen LogP contribution in [-0.4, -0.2) is 5.60 Å². The van der Waals surface area contributed by atoms with E-state index in [9.17, 15) is 0 Å². The standard InChI is InChI=1S/C27H18O/c1-2-10-19(9-1)27(20-11-3-4-12-20)18-17-25-23-15-6-5-13-21(23)22-14-7-8-16-24(22)26(25)28-27/h1-18H. The molecular weight excluding hydrogens is 340 g/mol. The molecule has 1 aliphatic heterocycles. The Bertz CT molecular complexity index is 1050. The Labute approximate surface area is 167 Å². The molecule has 2 fully saturated rings. The van der Waals surface area contributed by atoms with Crippen LogP contribution in [0.25, 0.3) is 27.6 Å². The van der Waals surface area contributed by atoms with E-state index in [0.29, 0.717) is 0 Å². The molecule has 0 saturated heterocycles. The third-order valence-electron chi connectivity index (χ3n) is 5.85. The first-order valence-electron chi connectivity index (χ1n) is 9.63. The maximum atomic E-state index is 6.94. The molecule has 1 nitrogen and oxygen atoms in total. The molecule has 1 heterocycles. The van der Waals surface area contributed by atoms with Crippen molar-refractivity contribution in [2.45, 2.75) is 5.60 Å². The summed E-state index contributed by atoms with van der Waals surface area (Å²) in [6.07, 6.45) is 21.3. The minimum atomic E-state index is -0.606. The molecule has 0 unspecified atom stereocenters. The minimum Gasteiger partial charge on any atom is -0.481 e. The van der Waals surface area contributed by atoms with E-state index in [1.807, 2.05) is 0 Å². The minimum absolute atomic E-state index is 0.606. The normalized spacial score (nSPS) is 22.0. The molecule has 2 aliphatic carbocycles. The summed E-state index contributed by atoms with van der Waals surface area (Å²) < 4.78 is 6.94. The number of hydrogen-bond donors (Lipinski definition) is 0. The van der Waals surface area contributed by atoms with Crippen LogP contribution < -0.4 is 4.74 Å². The van der Waals surface area contributed by atoms with Gasteiger partial charge in [0.05, 0.1) is 0 Å². The zero-order valence-electron chi connectivity index (χ0n) is 15.3. The lowest BCUT2D eigenvalue weighted by atomic mass is 9.73. The molecule has 28 heavy (non-hydrogen) atoms. The highest BCUT2D eigenvalue weighted by Crippen LogP contribution is 2.53. The predicted molar refractivity (Wildman–Crippen MR) is 115 cm³/mol. The van der Waals surface area contributed by atoms with Crippen LogP contribution in [0.3, 0.4) is 0 Å². The van der Waals surface area contributed by atoms with Crippen LogP contribution in [0.15, 0.2) is 54.6 Å². The van der Waals surface area contributed by atoms with Gasteiger partial charge in [0.25, 0.3) is 0 Å². The molecule has 0 atom stereocenters. The van der Waals surface area contributed by atoms with Gasteiger partial charge in [0.2, 0.25) is 0 Å². The monoisotopic (exact) mass is 358 g/mol. The number of fused-ring (bicyclic) bond motifs is 6. The Morgan fingerprint density at radius 1 is 0.571 bits per heavy atom. The van der Waals surface area contributed by atoms with Crippen molar-refractivity contribution in [1.29, 1.82) is 0 Å². The van der Waals surface area contributed by atoms with E-state index in [2.05, 4.69) is 112 Å². The van der Waals surface area contributed by atoms with Crippen LogP contribution in [-0.2, 0) is 0 Å². The van der Waals surface area contributed by atoms with Gasteiger partial charge in [0.15, 0.2) is 0 Å². The van der Waals surface area contributed by atoms with Gasteiger partial charge in [-0.1, -0.05) is 54.6 Å². The second kappa shape index (κ2) is 6.37. The number of hydrogen-bond acceptors (Lipinski definition) is 1. The van der Waals surface area contributed by atoms with Crippen LogP contribution in [0.4, 0.5) is 0 Å². The smallest absolute Gasteiger partial charge is 0.141 e. The highest BCUT2D eigenvalue weighted by atomic mass is 16.5. The van der Waals surface area contributed by atoms with Gasteiger partial charge in [0.1, 0.15) is 11.4 Å². The van der Waals surface area contributed by atoms with Crippen molar-refractivity contribution < 1.29 is 4.74 Å². The van der Waals surface area contributed by atoms with E-state index in [1.54, 1.807) is 0 Å². The van der Waals surface area contributed by atoms with E-state index in [1.165, 1.54) is 16.2 Å². The highest BCUT2D eigenvalue weighted by Gasteiger charge is 2.50. The molecule has 0 amide bonds. The second-order valence-corrected chi connectivity index (χ2v) is 7.35. The van der Waals surface area contributed by atoms with Crippen molar-refractivity contribution in [3.63, 3.8) is 0 Å². The Balaban J connectivity index is 1.61. The summed E-state index contributed by atoms with van der Waals surface area (Å²) in [5.41, 5.74) is 0.550. The van der Waals surface area contributed by atoms with E-state index in [0.717, 1.165) is 28.5 Å². The molecule has 3 aromatic carbocycles. The Kier molecular flexibility index (Phi) is 3.79. The molecule has 0 aromatic heterocycles. The van der Waals surface area contributed by atoms with E-state index >= 15 is 0 Å². The summed E-state index contributed by atoms with van der Waals surface area (Å²) in [7, 11) is 0. The zero-order chi connectivity index (χ0) is 18.6. The van der Waals surface area contributed by atoms with E-state index < -0.39 is 5.60 Å². The van der Waals surface area contributed by atoms with Gasteiger partial charge in [-0.3, -0.25) is 0 Å². The molecule has 132 valence electrons. The van der Waals surface area contributed by atoms with Crippen molar-refractivity contribution in [1.82, 2.24) is 0 Å². The molecule has 0 N–H and O–H groups in total. The van der Waals surface area contributed by atoms with Crippen LogP contribution >= 0.6 is 0 Å².